The fraction of sp³-hybridized carbons (Fsp3) is 0.333. The highest BCUT2D eigenvalue weighted by atomic mass is 32.2. The molecule has 0 atom stereocenters. The van der Waals surface area contributed by atoms with E-state index in [0.717, 1.165) is 11.1 Å². The molecule has 0 aliphatic rings. The fourth-order valence-corrected chi connectivity index (χ4v) is 4.19. The second kappa shape index (κ2) is 12.1. The average molecular weight is 499 g/mol. The van der Waals surface area contributed by atoms with Crippen LogP contribution in [0.1, 0.15) is 16.7 Å². The van der Waals surface area contributed by atoms with Crippen molar-refractivity contribution in [2.45, 2.75) is 20.1 Å². The highest BCUT2D eigenvalue weighted by Gasteiger charge is 2.15. The molecule has 0 heterocycles. The zero-order chi connectivity index (χ0) is 25.4. The molecule has 0 unspecified atom stereocenters. The van der Waals surface area contributed by atoms with Crippen molar-refractivity contribution >= 4 is 10.0 Å². The van der Waals surface area contributed by atoms with Crippen molar-refractivity contribution in [3.8, 4) is 28.4 Å². The summed E-state index contributed by atoms with van der Waals surface area (Å²) in [6.45, 7) is 3.84. The molecule has 3 aromatic carbocycles. The monoisotopic (exact) mass is 498 g/mol. The number of benzene rings is 3. The van der Waals surface area contributed by atoms with Crippen molar-refractivity contribution in [3.63, 3.8) is 0 Å². The Morgan fingerprint density at radius 2 is 1.60 bits per heavy atom. The maximum Gasteiger partial charge on any atom is 0.210 e. The topological polar surface area (TPSA) is 77.1 Å². The van der Waals surface area contributed by atoms with Crippen LogP contribution in [0.3, 0.4) is 0 Å². The number of hydrogen-bond acceptors (Lipinski definition) is 6. The number of likely N-dealkylation sites (N-methyl/N-ethyl adjacent to an activating group) is 1. The second-order valence-electron chi connectivity index (χ2n) is 8.31. The molecule has 8 heteroatoms. The molecule has 35 heavy (non-hydrogen) atoms. The van der Waals surface area contributed by atoms with Crippen LogP contribution in [0.4, 0.5) is 0 Å². The minimum atomic E-state index is -3.20. The summed E-state index contributed by atoms with van der Waals surface area (Å²) in [7, 11) is 1.56. The molecule has 0 aromatic heterocycles. The van der Waals surface area contributed by atoms with E-state index in [2.05, 4.69) is 36.5 Å². The Hall–Kier alpha value is -3.07. The van der Waals surface area contributed by atoms with Gasteiger partial charge in [-0.1, -0.05) is 48.5 Å². The number of rotatable bonds is 12. The molecule has 0 saturated heterocycles. The zero-order valence-corrected chi connectivity index (χ0v) is 21.8. The van der Waals surface area contributed by atoms with Gasteiger partial charge in [0.2, 0.25) is 10.0 Å². The molecular formula is C27H34N2O5S. The molecule has 3 rings (SSSR count). The zero-order valence-electron chi connectivity index (χ0n) is 21.0. The van der Waals surface area contributed by atoms with E-state index in [1.54, 1.807) is 21.3 Å². The summed E-state index contributed by atoms with van der Waals surface area (Å²) in [6.07, 6.45) is 1.19. The first-order valence-electron chi connectivity index (χ1n) is 11.4. The van der Waals surface area contributed by atoms with Crippen molar-refractivity contribution in [1.29, 1.82) is 0 Å². The smallest absolute Gasteiger partial charge is 0.210 e. The summed E-state index contributed by atoms with van der Waals surface area (Å²) in [5.41, 5.74) is 5.48. The van der Waals surface area contributed by atoms with Gasteiger partial charge in [0.25, 0.3) is 0 Å². The number of methoxy groups -OCH3 is 2. The summed E-state index contributed by atoms with van der Waals surface area (Å²) >= 11 is 0. The maximum absolute atomic E-state index is 11.6. The minimum Gasteiger partial charge on any atom is -0.496 e. The van der Waals surface area contributed by atoms with Gasteiger partial charge in [-0.2, -0.15) is 0 Å². The molecule has 0 fully saturated rings. The van der Waals surface area contributed by atoms with Gasteiger partial charge >= 0.3 is 0 Å². The van der Waals surface area contributed by atoms with Crippen LogP contribution in [-0.4, -0.2) is 53.3 Å². The Morgan fingerprint density at radius 3 is 2.20 bits per heavy atom. The standard InChI is InChI=1S/C27H34N2O5S/c1-20-22(12-9-13-24(20)21-10-7-6-8-11-21)19-34-23-16-26(32-3)25(27(17-23)33-4)18-28-14-15-29(2)35(5,30)31/h6-13,16-17,28H,14-15,18-19H2,1-5H3. The van der Waals surface area contributed by atoms with Crippen LogP contribution < -0.4 is 19.5 Å². The van der Waals surface area contributed by atoms with Crippen LogP contribution >= 0.6 is 0 Å². The largest absolute Gasteiger partial charge is 0.496 e. The Morgan fingerprint density at radius 1 is 0.943 bits per heavy atom. The van der Waals surface area contributed by atoms with Gasteiger partial charge in [-0.15, -0.1) is 0 Å². The van der Waals surface area contributed by atoms with E-state index in [-0.39, 0.29) is 0 Å². The lowest BCUT2D eigenvalue weighted by molar-refractivity contribution is 0.298. The molecule has 0 bridgehead atoms. The molecule has 7 nitrogen and oxygen atoms in total. The van der Waals surface area contributed by atoms with Crippen LogP contribution in [0.2, 0.25) is 0 Å². The molecule has 188 valence electrons. The first kappa shape index (κ1) is 26.5. The van der Waals surface area contributed by atoms with Crippen LogP contribution in [-0.2, 0) is 23.2 Å². The van der Waals surface area contributed by atoms with Gasteiger partial charge in [0.15, 0.2) is 0 Å². The molecule has 0 radical (unpaired) electrons. The Balaban J connectivity index is 1.71. The second-order valence-corrected chi connectivity index (χ2v) is 10.4. The summed E-state index contributed by atoms with van der Waals surface area (Å²) in [5, 5.41) is 3.25. The summed E-state index contributed by atoms with van der Waals surface area (Å²) < 4.78 is 41.8. The van der Waals surface area contributed by atoms with E-state index < -0.39 is 10.0 Å². The lowest BCUT2D eigenvalue weighted by Crippen LogP contribution is -2.33. The van der Waals surface area contributed by atoms with Crippen LogP contribution in [0.15, 0.2) is 60.7 Å². The third-order valence-electron chi connectivity index (χ3n) is 5.98. The van der Waals surface area contributed by atoms with E-state index in [4.69, 9.17) is 14.2 Å². The van der Waals surface area contributed by atoms with Gasteiger partial charge in [0.1, 0.15) is 23.9 Å². The molecule has 0 saturated carbocycles. The number of ether oxygens (including phenoxy) is 3. The lowest BCUT2D eigenvalue weighted by Gasteiger charge is -2.18. The van der Waals surface area contributed by atoms with Crippen molar-refractivity contribution in [2.24, 2.45) is 0 Å². The first-order chi connectivity index (χ1) is 16.7. The highest BCUT2D eigenvalue weighted by Crippen LogP contribution is 2.35. The Kier molecular flexibility index (Phi) is 9.14. The maximum atomic E-state index is 11.6. The quantitative estimate of drug-likeness (QED) is 0.377. The third-order valence-corrected chi connectivity index (χ3v) is 7.29. The SMILES string of the molecule is COc1cc(OCc2cccc(-c3ccccc3)c2C)cc(OC)c1CNCCN(C)S(C)(=O)=O. The van der Waals surface area contributed by atoms with Crippen molar-refractivity contribution in [1.82, 2.24) is 9.62 Å². The van der Waals surface area contributed by atoms with Gasteiger partial charge in [0.05, 0.1) is 26.0 Å². The normalized spacial score (nSPS) is 11.5. The van der Waals surface area contributed by atoms with Gasteiger partial charge in [-0.05, 0) is 29.2 Å². The molecule has 3 aromatic rings. The molecule has 0 amide bonds. The number of hydrogen-bond donors (Lipinski definition) is 1. The average Bonchev–Trinajstić information content (AvgIpc) is 2.85. The Labute approximate surface area is 208 Å². The van der Waals surface area contributed by atoms with E-state index in [1.807, 2.05) is 36.4 Å². The van der Waals surface area contributed by atoms with E-state index >= 15 is 0 Å². The molecule has 1 N–H and O–H groups in total. The first-order valence-corrected chi connectivity index (χ1v) is 13.2. The van der Waals surface area contributed by atoms with Crippen LogP contribution in [0.5, 0.6) is 17.2 Å². The van der Waals surface area contributed by atoms with Gasteiger partial charge < -0.3 is 19.5 Å². The fourth-order valence-electron chi connectivity index (χ4n) is 3.76. The van der Waals surface area contributed by atoms with Crippen molar-refractivity contribution in [3.05, 3.63) is 77.4 Å². The number of sulfonamides is 1. The predicted molar refractivity (Wildman–Crippen MR) is 140 cm³/mol. The lowest BCUT2D eigenvalue weighted by atomic mass is 9.97. The summed E-state index contributed by atoms with van der Waals surface area (Å²) in [4.78, 5) is 0. The molecule has 0 aliphatic carbocycles. The summed E-state index contributed by atoms with van der Waals surface area (Å²) in [6, 6.07) is 20.2. The molecule has 0 aliphatic heterocycles. The van der Waals surface area contributed by atoms with E-state index in [0.29, 0.717) is 43.5 Å². The summed E-state index contributed by atoms with van der Waals surface area (Å²) in [5.74, 6) is 1.92. The van der Waals surface area contributed by atoms with E-state index in [9.17, 15) is 8.42 Å². The third kappa shape index (κ3) is 6.97. The minimum absolute atomic E-state index is 0.367. The van der Waals surface area contributed by atoms with Crippen LogP contribution in [0, 0.1) is 6.92 Å². The van der Waals surface area contributed by atoms with Gasteiger partial charge in [0, 0.05) is 38.8 Å². The van der Waals surface area contributed by atoms with E-state index in [1.165, 1.54) is 27.3 Å². The number of nitrogens with one attached hydrogen (secondary N) is 1. The van der Waals surface area contributed by atoms with Crippen molar-refractivity contribution in [2.75, 3.05) is 40.6 Å². The van der Waals surface area contributed by atoms with Gasteiger partial charge in [-0.25, -0.2) is 12.7 Å². The van der Waals surface area contributed by atoms with Gasteiger partial charge in [-0.3, -0.25) is 0 Å². The number of nitrogens with zero attached hydrogens (tertiary/aromatic N) is 1. The Bertz CT molecular complexity index is 1200. The molecular weight excluding hydrogens is 464 g/mol. The predicted octanol–water partition coefficient (Wildman–Crippen LogP) is 4.24. The molecule has 0 spiro atoms. The van der Waals surface area contributed by atoms with Crippen LogP contribution in [0.25, 0.3) is 11.1 Å². The van der Waals surface area contributed by atoms with Crippen molar-refractivity contribution < 1.29 is 22.6 Å². The highest BCUT2D eigenvalue weighted by molar-refractivity contribution is 7.88.